The molecular formula is C15H31N3O. The normalized spacial score (nSPS) is 28.3. The van der Waals surface area contributed by atoms with Gasteiger partial charge in [0.15, 0.2) is 0 Å². The highest BCUT2D eigenvalue weighted by atomic mass is 16.1. The van der Waals surface area contributed by atoms with Crippen LogP contribution in [0.1, 0.15) is 47.5 Å². The van der Waals surface area contributed by atoms with Crippen LogP contribution in [0.25, 0.3) is 0 Å². The average molecular weight is 269 g/mol. The molecule has 0 bridgehead atoms. The fraction of sp³-hybridized carbons (Fsp3) is 0.933. The van der Waals surface area contributed by atoms with Crippen molar-refractivity contribution < 1.29 is 4.79 Å². The van der Waals surface area contributed by atoms with Crippen molar-refractivity contribution in [3.63, 3.8) is 0 Å². The second kappa shape index (κ2) is 6.71. The fourth-order valence-electron chi connectivity index (χ4n) is 2.84. The van der Waals surface area contributed by atoms with E-state index in [0.29, 0.717) is 0 Å². The smallest absolute Gasteiger partial charge is 0.237 e. The number of nitrogens with two attached hydrogens (primary N) is 1. The summed E-state index contributed by atoms with van der Waals surface area (Å²) in [6.07, 6.45) is 2.04. The lowest BCUT2D eigenvalue weighted by molar-refractivity contribution is -0.124. The van der Waals surface area contributed by atoms with E-state index < -0.39 is 5.54 Å². The zero-order chi connectivity index (χ0) is 14.6. The number of nitrogens with zero attached hydrogens (tertiary/aromatic N) is 1. The van der Waals surface area contributed by atoms with Crippen molar-refractivity contribution in [2.45, 2.75) is 59.0 Å². The van der Waals surface area contributed by atoms with Gasteiger partial charge in [-0.25, -0.2) is 0 Å². The molecule has 1 amide bonds. The summed E-state index contributed by atoms with van der Waals surface area (Å²) in [4.78, 5) is 14.2. The second-order valence-electron chi connectivity index (χ2n) is 6.79. The summed E-state index contributed by atoms with van der Waals surface area (Å²) in [7, 11) is 0. The van der Waals surface area contributed by atoms with E-state index >= 15 is 0 Å². The zero-order valence-electron chi connectivity index (χ0n) is 13.2. The highest BCUT2D eigenvalue weighted by Crippen LogP contribution is 2.23. The van der Waals surface area contributed by atoms with E-state index in [1.54, 1.807) is 0 Å². The monoisotopic (exact) mass is 269 g/mol. The summed E-state index contributed by atoms with van der Waals surface area (Å²) in [6.45, 7) is 13.9. The first-order valence-electron chi connectivity index (χ1n) is 7.54. The maximum atomic E-state index is 11.7. The van der Waals surface area contributed by atoms with E-state index in [0.717, 1.165) is 37.9 Å². The lowest BCUT2D eigenvalue weighted by Crippen LogP contribution is -2.57. The van der Waals surface area contributed by atoms with Crippen molar-refractivity contribution in [3.05, 3.63) is 0 Å². The number of piperidine rings is 1. The van der Waals surface area contributed by atoms with Crippen LogP contribution < -0.4 is 11.1 Å². The molecule has 0 saturated carbocycles. The van der Waals surface area contributed by atoms with Crippen molar-refractivity contribution in [3.8, 4) is 0 Å². The lowest BCUT2D eigenvalue weighted by atomic mass is 9.88. The van der Waals surface area contributed by atoms with Crippen molar-refractivity contribution >= 4 is 5.91 Å². The molecule has 0 radical (unpaired) electrons. The van der Waals surface area contributed by atoms with Gasteiger partial charge in [0.05, 0.1) is 5.54 Å². The molecule has 1 aliphatic rings. The van der Waals surface area contributed by atoms with Gasteiger partial charge in [0, 0.05) is 19.1 Å². The molecule has 1 saturated heterocycles. The molecule has 112 valence electrons. The number of hydrogen-bond donors (Lipinski definition) is 2. The Morgan fingerprint density at radius 2 is 2.05 bits per heavy atom. The highest BCUT2D eigenvalue weighted by Gasteiger charge is 2.32. The third-order valence-corrected chi connectivity index (χ3v) is 4.50. The van der Waals surface area contributed by atoms with Crippen LogP contribution >= 0.6 is 0 Å². The first-order chi connectivity index (χ1) is 8.74. The number of hydrogen-bond acceptors (Lipinski definition) is 3. The molecule has 1 heterocycles. The van der Waals surface area contributed by atoms with Gasteiger partial charge in [0.1, 0.15) is 0 Å². The number of primary amides is 1. The lowest BCUT2D eigenvalue weighted by Gasteiger charge is -2.38. The van der Waals surface area contributed by atoms with Gasteiger partial charge >= 0.3 is 0 Å². The second-order valence-corrected chi connectivity index (χ2v) is 6.79. The van der Waals surface area contributed by atoms with E-state index in [1.807, 2.05) is 20.8 Å². The number of rotatable bonds is 6. The molecule has 4 heteroatoms. The van der Waals surface area contributed by atoms with E-state index in [1.165, 1.54) is 6.42 Å². The minimum absolute atomic E-state index is 0.250. The Balaban J connectivity index is 2.50. The molecule has 4 nitrogen and oxygen atoms in total. The van der Waals surface area contributed by atoms with Crippen molar-refractivity contribution in [2.24, 2.45) is 17.6 Å². The molecule has 3 N–H and O–H groups in total. The Labute approximate surface area is 118 Å². The Bertz CT molecular complexity index is 306. The van der Waals surface area contributed by atoms with E-state index in [9.17, 15) is 4.79 Å². The van der Waals surface area contributed by atoms with E-state index in [4.69, 9.17) is 5.73 Å². The summed E-state index contributed by atoms with van der Waals surface area (Å²) < 4.78 is 0. The third-order valence-electron chi connectivity index (χ3n) is 4.50. The first kappa shape index (κ1) is 16.4. The molecule has 3 unspecified atom stereocenters. The van der Waals surface area contributed by atoms with Crippen LogP contribution in [0, 0.1) is 11.8 Å². The van der Waals surface area contributed by atoms with Crippen LogP contribution in [-0.2, 0) is 4.79 Å². The number of carbonyl (C=O) groups is 1. The summed E-state index contributed by atoms with van der Waals surface area (Å²) in [5.74, 6) is 1.30. The van der Waals surface area contributed by atoms with Gasteiger partial charge in [-0.2, -0.15) is 0 Å². The van der Waals surface area contributed by atoms with Crippen molar-refractivity contribution in [2.75, 3.05) is 19.6 Å². The van der Waals surface area contributed by atoms with Crippen LogP contribution in [-0.4, -0.2) is 42.0 Å². The number of amides is 1. The van der Waals surface area contributed by atoms with Crippen molar-refractivity contribution in [1.82, 2.24) is 10.2 Å². The molecule has 0 spiro atoms. The standard InChI is InChI=1S/C15H31N3O/c1-11(2)17-15(5,14(16)19)7-9-18-8-6-12(3)13(4)10-18/h11-13,17H,6-10H2,1-5H3,(H2,16,19). The predicted molar refractivity (Wildman–Crippen MR) is 79.9 cm³/mol. The minimum atomic E-state index is -0.597. The molecule has 0 aromatic heterocycles. The van der Waals surface area contributed by atoms with Gasteiger partial charge in [-0.15, -0.1) is 0 Å². The Hall–Kier alpha value is -0.610. The van der Waals surface area contributed by atoms with E-state index in [-0.39, 0.29) is 11.9 Å². The summed E-state index contributed by atoms with van der Waals surface area (Å²) in [5.41, 5.74) is 4.97. The fourth-order valence-corrected chi connectivity index (χ4v) is 2.84. The van der Waals surface area contributed by atoms with E-state index in [2.05, 4.69) is 24.1 Å². The maximum absolute atomic E-state index is 11.7. The molecule has 3 atom stereocenters. The summed E-state index contributed by atoms with van der Waals surface area (Å²) in [5, 5.41) is 3.31. The summed E-state index contributed by atoms with van der Waals surface area (Å²) in [6, 6.07) is 0.262. The van der Waals surface area contributed by atoms with Crippen LogP contribution in [0.4, 0.5) is 0 Å². The number of carbonyl (C=O) groups excluding carboxylic acids is 1. The molecule has 0 aromatic rings. The number of nitrogens with one attached hydrogen (secondary N) is 1. The van der Waals surface area contributed by atoms with Crippen LogP contribution in [0.5, 0.6) is 0 Å². The minimum Gasteiger partial charge on any atom is -0.368 e. The molecule has 1 aliphatic heterocycles. The Morgan fingerprint density at radius 1 is 1.42 bits per heavy atom. The van der Waals surface area contributed by atoms with Crippen LogP contribution in [0.15, 0.2) is 0 Å². The largest absolute Gasteiger partial charge is 0.368 e. The Morgan fingerprint density at radius 3 is 2.53 bits per heavy atom. The molecule has 0 aliphatic carbocycles. The Kier molecular flexibility index (Phi) is 5.81. The van der Waals surface area contributed by atoms with Gasteiger partial charge in [-0.3, -0.25) is 4.79 Å². The van der Waals surface area contributed by atoms with Crippen LogP contribution in [0.2, 0.25) is 0 Å². The van der Waals surface area contributed by atoms with Crippen LogP contribution in [0.3, 0.4) is 0 Å². The van der Waals surface area contributed by atoms with Gasteiger partial charge in [-0.05, 0) is 52.0 Å². The van der Waals surface area contributed by atoms with Gasteiger partial charge in [0.2, 0.25) is 5.91 Å². The summed E-state index contributed by atoms with van der Waals surface area (Å²) >= 11 is 0. The van der Waals surface area contributed by atoms with Gasteiger partial charge in [0.25, 0.3) is 0 Å². The SMILES string of the molecule is CC(C)NC(C)(CCN1CCC(C)C(C)C1)C(N)=O. The van der Waals surface area contributed by atoms with Gasteiger partial charge in [-0.1, -0.05) is 13.8 Å². The van der Waals surface area contributed by atoms with Gasteiger partial charge < -0.3 is 16.0 Å². The topological polar surface area (TPSA) is 58.4 Å². The average Bonchev–Trinajstić information content (AvgIpc) is 2.29. The molecule has 0 aromatic carbocycles. The zero-order valence-corrected chi connectivity index (χ0v) is 13.2. The first-order valence-corrected chi connectivity index (χ1v) is 7.54. The number of likely N-dealkylation sites (tertiary alicyclic amines) is 1. The molecule has 1 fully saturated rings. The maximum Gasteiger partial charge on any atom is 0.237 e. The molecule has 19 heavy (non-hydrogen) atoms. The molecule has 1 rings (SSSR count). The molecular weight excluding hydrogens is 238 g/mol. The third kappa shape index (κ3) is 4.77. The van der Waals surface area contributed by atoms with Crippen molar-refractivity contribution in [1.29, 1.82) is 0 Å². The highest BCUT2D eigenvalue weighted by molar-refractivity contribution is 5.84. The predicted octanol–water partition coefficient (Wildman–Crippen LogP) is 1.60. The quantitative estimate of drug-likeness (QED) is 0.770.